The Labute approximate surface area is 185 Å². The minimum atomic E-state index is -0.608. The van der Waals surface area contributed by atoms with Crippen molar-refractivity contribution in [2.45, 2.75) is 18.9 Å². The highest BCUT2D eigenvalue weighted by Gasteiger charge is 2.20. The molecular weight excluding hydrogens is 451 g/mol. The molecule has 0 unspecified atom stereocenters. The predicted molar refractivity (Wildman–Crippen MR) is 114 cm³/mol. The maximum absolute atomic E-state index is 13.3. The van der Waals surface area contributed by atoms with Crippen LogP contribution in [0.1, 0.15) is 23.2 Å². The fourth-order valence-electron chi connectivity index (χ4n) is 2.76. The third kappa shape index (κ3) is 6.36. The van der Waals surface area contributed by atoms with Gasteiger partial charge in [-0.05, 0) is 38.1 Å². The number of hydrogen-bond donors (Lipinski definition) is 1. The molecule has 1 aromatic carbocycles. The Morgan fingerprint density at radius 3 is 2.43 bits per heavy atom. The third-order valence-electron chi connectivity index (χ3n) is 4.15. The zero-order valence-electron chi connectivity index (χ0n) is 15.0. The van der Waals surface area contributed by atoms with Crippen LogP contribution in [0.2, 0.25) is 10.0 Å². The molecule has 1 aromatic heterocycles. The van der Waals surface area contributed by atoms with Crippen LogP contribution in [0, 0.1) is 5.82 Å². The predicted octanol–water partition coefficient (Wildman–Crippen LogP) is 5.10. The van der Waals surface area contributed by atoms with Gasteiger partial charge in [-0.1, -0.05) is 29.3 Å². The normalized spacial score (nSPS) is 14.6. The Bertz CT molecular complexity index is 794. The van der Waals surface area contributed by atoms with Gasteiger partial charge in [-0.25, -0.2) is 4.39 Å². The second kappa shape index (κ2) is 11.0. The summed E-state index contributed by atoms with van der Waals surface area (Å²) in [5, 5.41) is 2.49. The van der Waals surface area contributed by atoms with Crippen LogP contribution in [0.4, 0.5) is 10.2 Å². The van der Waals surface area contributed by atoms with Crippen molar-refractivity contribution in [3.63, 3.8) is 0 Å². The minimum absolute atomic E-state index is 0. The van der Waals surface area contributed by atoms with E-state index in [1.807, 2.05) is 0 Å². The summed E-state index contributed by atoms with van der Waals surface area (Å²) in [5.74, 6) is -0.433. The van der Waals surface area contributed by atoms with Crippen molar-refractivity contribution in [2.24, 2.45) is 0 Å². The molecule has 0 atom stereocenters. The Morgan fingerprint density at radius 1 is 1.21 bits per heavy atom. The number of anilines is 1. The van der Waals surface area contributed by atoms with Gasteiger partial charge in [-0.15, -0.1) is 24.8 Å². The van der Waals surface area contributed by atoms with Gasteiger partial charge in [0.15, 0.2) is 0 Å². The monoisotopic (exact) mass is 469 g/mol. The molecule has 10 heteroatoms. The average molecular weight is 471 g/mol. The van der Waals surface area contributed by atoms with Crippen LogP contribution in [-0.4, -0.2) is 42.0 Å². The van der Waals surface area contributed by atoms with E-state index in [1.54, 1.807) is 18.2 Å². The summed E-state index contributed by atoms with van der Waals surface area (Å²) in [6.45, 7) is 1.95. The first-order valence-electron chi connectivity index (χ1n) is 8.20. The molecule has 154 valence electrons. The molecule has 1 N–H and O–H groups in total. The van der Waals surface area contributed by atoms with Crippen molar-refractivity contribution in [3.05, 3.63) is 51.8 Å². The molecule has 1 aliphatic heterocycles. The van der Waals surface area contributed by atoms with Crippen LogP contribution in [-0.2, 0) is 0 Å². The number of benzene rings is 1. The number of nitrogens with zero attached hydrogens (tertiary/aromatic N) is 2. The number of nitrogens with one attached hydrogen (secondary N) is 1. The van der Waals surface area contributed by atoms with Crippen LogP contribution < -0.4 is 10.1 Å². The second-order valence-electron chi connectivity index (χ2n) is 6.18. The lowest BCUT2D eigenvalue weighted by Crippen LogP contribution is -2.35. The van der Waals surface area contributed by atoms with Crippen LogP contribution in [0.5, 0.6) is 5.88 Å². The summed E-state index contributed by atoms with van der Waals surface area (Å²) in [5.41, 5.74) is -0.00169. The van der Waals surface area contributed by atoms with Gasteiger partial charge in [-0.2, -0.15) is 4.98 Å². The van der Waals surface area contributed by atoms with Crippen molar-refractivity contribution in [3.8, 4) is 5.88 Å². The Hall–Kier alpha value is -1.31. The van der Waals surface area contributed by atoms with Crippen molar-refractivity contribution in [2.75, 3.05) is 25.5 Å². The van der Waals surface area contributed by atoms with Crippen molar-refractivity contribution in [1.82, 2.24) is 9.88 Å². The van der Waals surface area contributed by atoms with Gasteiger partial charge in [0.2, 0.25) is 5.88 Å². The van der Waals surface area contributed by atoms with Gasteiger partial charge >= 0.3 is 0 Å². The maximum atomic E-state index is 13.3. The molecule has 5 nitrogen and oxygen atoms in total. The van der Waals surface area contributed by atoms with Crippen LogP contribution in [0.25, 0.3) is 0 Å². The smallest absolute Gasteiger partial charge is 0.259 e. The van der Waals surface area contributed by atoms with Gasteiger partial charge < -0.3 is 15.0 Å². The van der Waals surface area contributed by atoms with Crippen molar-refractivity contribution < 1.29 is 13.9 Å². The number of aromatic nitrogens is 1. The molecule has 2 heterocycles. The molecule has 2 aromatic rings. The Morgan fingerprint density at radius 2 is 1.82 bits per heavy atom. The summed E-state index contributed by atoms with van der Waals surface area (Å²) in [6, 6.07) is 7.18. The lowest BCUT2D eigenvalue weighted by atomic mass is 10.1. The maximum Gasteiger partial charge on any atom is 0.259 e. The summed E-state index contributed by atoms with van der Waals surface area (Å²) < 4.78 is 19.2. The summed E-state index contributed by atoms with van der Waals surface area (Å²) >= 11 is 11.9. The molecule has 0 spiro atoms. The Kier molecular flexibility index (Phi) is 9.74. The zero-order valence-corrected chi connectivity index (χ0v) is 18.1. The third-order valence-corrected chi connectivity index (χ3v) is 4.75. The van der Waals surface area contributed by atoms with Crippen LogP contribution in [0.15, 0.2) is 30.3 Å². The van der Waals surface area contributed by atoms with Crippen LogP contribution >= 0.6 is 48.0 Å². The highest BCUT2D eigenvalue weighted by atomic mass is 35.5. The quantitative estimate of drug-likeness (QED) is 0.675. The van der Waals surface area contributed by atoms with Crippen molar-refractivity contribution >= 4 is 59.7 Å². The molecular formula is C18H20Cl4FN3O2. The van der Waals surface area contributed by atoms with E-state index in [0.717, 1.165) is 38.1 Å². The number of piperidine rings is 1. The lowest BCUT2D eigenvalue weighted by molar-refractivity contribution is 0.102. The van der Waals surface area contributed by atoms with Gasteiger partial charge in [-0.3, -0.25) is 4.79 Å². The molecule has 28 heavy (non-hydrogen) atoms. The number of likely N-dealkylation sites (tertiary alicyclic amines) is 1. The van der Waals surface area contributed by atoms with Gasteiger partial charge in [0.05, 0.1) is 15.6 Å². The van der Waals surface area contributed by atoms with Gasteiger partial charge in [0.25, 0.3) is 5.91 Å². The van der Waals surface area contributed by atoms with E-state index >= 15 is 0 Å². The minimum Gasteiger partial charge on any atom is -0.474 e. The second-order valence-corrected chi connectivity index (χ2v) is 6.99. The first-order chi connectivity index (χ1) is 12.4. The van der Waals surface area contributed by atoms with E-state index in [4.69, 9.17) is 27.9 Å². The fourth-order valence-corrected chi connectivity index (χ4v) is 3.39. The zero-order chi connectivity index (χ0) is 18.7. The highest BCUT2D eigenvalue weighted by molar-refractivity contribution is 6.40. The van der Waals surface area contributed by atoms with E-state index < -0.39 is 11.7 Å². The molecule has 0 saturated carbocycles. The topological polar surface area (TPSA) is 54.5 Å². The number of pyridine rings is 1. The van der Waals surface area contributed by atoms with E-state index in [1.165, 1.54) is 0 Å². The molecule has 0 bridgehead atoms. The van der Waals surface area contributed by atoms with E-state index in [-0.39, 0.29) is 46.5 Å². The molecule has 1 fully saturated rings. The Balaban J connectivity index is 0.00000196. The molecule has 1 amide bonds. The number of carbonyl (C=O) groups is 1. The molecule has 0 radical (unpaired) electrons. The first-order valence-corrected chi connectivity index (χ1v) is 8.96. The number of hydrogen-bond acceptors (Lipinski definition) is 4. The van der Waals surface area contributed by atoms with Crippen LogP contribution in [0.3, 0.4) is 0 Å². The fraction of sp³-hybridized carbons (Fsp3) is 0.333. The highest BCUT2D eigenvalue weighted by Crippen LogP contribution is 2.27. The molecule has 3 rings (SSSR count). The van der Waals surface area contributed by atoms with E-state index in [0.29, 0.717) is 11.7 Å². The van der Waals surface area contributed by atoms with Gasteiger partial charge in [0.1, 0.15) is 17.7 Å². The molecule has 1 aliphatic rings. The largest absolute Gasteiger partial charge is 0.474 e. The average Bonchev–Trinajstić information content (AvgIpc) is 2.56. The number of ether oxygens (including phenoxy) is 1. The van der Waals surface area contributed by atoms with E-state index in [9.17, 15) is 9.18 Å². The van der Waals surface area contributed by atoms with Gasteiger partial charge in [0, 0.05) is 19.2 Å². The van der Waals surface area contributed by atoms with E-state index in [2.05, 4.69) is 22.2 Å². The first kappa shape index (κ1) is 24.7. The molecule has 1 saturated heterocycles. The SMILES string of the molecule is CN1CCC(Oc2cccc(NC(=O)c3c(Cl)cc(F)cc3Cl)n2)CC1.Cl.Cl. The number of carbonyl (C=O) groups excluding carboxylic acids is 1. The summed E-state index contributed by atoms with van der Waals surface area (Å²) in [6.07, 6.45) is 1.95. The summed E-state index contributed by atoms with van der Waals surface area (Å²) in [4.78, 5) is 19.0. The molecule has 0 aliphatic carbocycles. The summed E-state index contributed by atoms with van der Waals surface area (Å²) in [7, 11) is 2.08. The number of halogens is 5. The standard InChI is InChI=1S/C18H18Cl2FN3O2.2ClH/c1-24-7-5-12(6-8-24)26-16-4-2-3-15(22-16)23-18(25)17-13(19)9-11(21)10-14(17)20;;/h2-4,9-10,12H,5-8H2,1H3,(H,22,23,25);2*1H. The number of rotatable bonds is 4. The number of amides is 1. The van der Waals surface area contributed by atoms with Crippen molar-refractivity contribution in [1.29, 1.82) is 0 Å². The lowest BCUT2D eigenvalue weighted by Gasteiger charge is -2.28.